The summed E-state index contributed by atoms with van der Waals surface area (Å²) in [5, 5.41) is 0.779. The minimum absolute atomic E-state index is 0.272. The molecule has 1 unspecified atom stereocenters. The van der Waals surface area contributed by atoms with Crippen molar-refractivity contribution < 1.29 is 4.74 Å². The molecule has 0 saturated carbocycles. The first kappa shape index (κ1) is 13.7. The lowest BCUT2D eigenvalue weighted by molar-refractivity contribution is 0.0821. The van der Waals surface area contributed by atoms with E-state index in [4.69, 9.17) is 22.1 Å². The van der Waals surface area contributed by atoms with Crippen LogP contribution in [0.5, 0.6) is 0 Å². The van der Waals surface area contributed by atoms with Crippen molar-refractivity contribution in [2.75, 3.05) is 31.1 Å². The molecule has 0 aliphatic carbocycles. The highest BCUT2D eigenvalue weighted by atomic mass is 35.5. The Morgan fingerprint density at radius 1 is 1.50 bits per heavy atom. The zero-order valence-electron chi connectivity index (χ0n) is 10.9. The molecule has 1 fully saturated rings. The van der Waals surface area contributed by atoms with Gasteiger partial charge in [0.25, 0.3) is 0 Å². The summed E-state index contributed by atoms with van der Waals surface area (Å²) < 4.78 is 5.69. The minimum Gasteiger partial charge on any atom is -0.377 e. The number of benzene rings is 1. The summed E-state index contributed by atoms with van der Waals surface area (Å²) in [7, 11) is 0. The Kier molecular flexibility index (Phi) is 4.87. The highest BCUT2D eigenvalue weighted by molar-refractivity contribution is 6.30. The Morgan fingerprint density at radius 2 is 2.33 bits per heavy atom. The summed E-state index contributed by atoms with van der Waals surface area (Å²) in [6.07, 6.45) is 2.20. The van der Waals surface area contributed by atoms with Crippen LogP contribution in [-0.4, -0.2) is 32.3 Å². The van der Waals surface area contributed by atoms with Crippen LogP contribution < -0.4 is 10.6 Å². The fourth-order valence-electron chi connectivity index (χ4n) is 2.43. The van der Waals surface area contributed by atoms with E-state index in [1.165, 1.54) is 11.3 Å². The van der Waals surface area contributed by atoms with Crippen LogP contribution >= 0.6 is 11.6 Å². The normalized spacial score (nSPS) is 20.8. The average molecular weight is 269 g/mol. The third-order valence-corrected chi connectivity index (χ3v) is 3.48. The first-order valence-electron chi connectivity index (χ1n) is 6.55. The van der Waals surface area contributed by atoms with Crippen LogP contribution in [0.1, 0.15) is 18.9 Å². The SMILES string of the molecule is CC1CN(c2ccc(Cl)cc2CCN)CCCO1. The largest absolute Gasteiger partial charge is 0.377 e. The van der Waals surface area contributed by atoms with Crippen molar-refractivity contribution in [2.45, 2.75) is 25.9 Å². The summed E-state index contributed by atoms with van der Waals surface area (Å²) in [5.41, 5.74) is 8.17. The average Bonchev–Trinajstić information content (AvgIpc) is 2.54. The van der Waals surface area contributed by atoms with Gasteiger partial charge in [0, 0.05) is 30.4 Å². The molecule has 1 aromatic rings. The molecule has 0 bridgehead atoms. The van der Waals surface area contributed by atoms with Gasteiger partial charge in [-0.2, -0.15) is 0 Å². The van der Waals surface area contributed by atoms with Crippen molar-refractivity contribution in [2.24, 2.45) is 5.73 Å². The molecular weight excluding hydrogens is 248 g/mol. The smallest absolute Gasteiger partial charge is 0.0721 e. The Balaban J connectivity index is 2.24. The number of ether oxygens (including phenoxy) is 1. The number of nitrogens with two attached hydrogens (primary N) is 1. The van der Waals surface area contributed by atoms with Gasteiger partial charge < -0.3 is 15.4 Å². The third-order valence-electron chi connectivity index (χ3n) is 3.25. The fraction of sp³-hybridized carbons (Fsp3) is 0.571. The maximum Gasteiger partial charge on any atom is 0.0721 e. The van der Waals surface area contributed by atoms with Gasteiger partial charge >= 0.3 is 0 Å². The van der Waals surface area contributed by atoms with Crippen molar-refractivity contribution >= 4 is 17.3 Å². The standard InChI is InChI=1S/C14H21ClN2O/c1-11-10-17(7-2-8-18-11)14-4-3-13(15)9-12(14)5-6-16/h3-4,9,11H,2,5-8,10,16H2,1H3. The van der Waals surface area contributed by atoms with Gasteiger partial charge in [-0.15, -0.1) is 0 Å². The summed E-state index contributed by atoms with van der Waals surface area (Å²) in [4.78, 5) is 2.39. The zero-order chi connectivity index (χ0) is 13.0. The predicted octanol–water partition coefficient (Wildman–Crippen LogP) is 2.46. The van der Waals surface area contributed by atoms with Gasteiger partial charge in [-0.3, -0.25) is 0 Å². The van der Waals surface area contributed by atoms with Gasteiger partial charge in [-0.25, -0.2) is 0 Å². The molecule has 1 aromatic carbocycles. The van der Waals surface area contributed by atoms with Gasteiger partial charge in [0.05, 0.1) is 6.10 Å². The predicted molar refractivity (Wildman–Crippen MR) is 76.5 cm³/mol. The van der Waals surface area contributed by atoms with Crippen molar-refractivity contribution in [1.82, 2.24) is 0 Å². The highest BCUT2D eigenvalue weighted by Crippen LogP contribution is 2.26. The van der Waals surface area contributed by atoms with E-state index in [-0.39, 0.29) is 6.10 Å². The summed E-state index contributed by atoms with van der Waals surface area (Å²) in [6.45, 7) is 5.57. The molecule has 1 saturated heterocycles. The van der Waals surface area contributed by atoms with E-state index in [9.17, 15) is 0 Å². The molecule has 0 radical (unpaired) electrons. The molecule has 0 spiro atoms. The van der Waals surface area contributed by atoms with Gasteiger partial charge in [0.15, 0.2) is 0 Å². The van der Waals surface area contributed by atoms with Crippen molar-refractivity contribution in [3.8, 4) is 0 Å². The lowest BCUT2D eigenvalue weighted by Crippen LogP contribution is -2.31. The van der Waals surface area contributed by atoms with Gasteiger partial charge in [0.1, 0.15) is 0 Å². The Labute approximate surface area is 114 Å². The van der Waals surface area contributed by atoms with E-state index in [0.29, 0.717) is 6.54 Å². The van der Waals surface area contributed by atoms with E-state index in [0.717, 1.165) is 37.6 Å². The lowest BCUT2D eigenvalue weighted by Gasteiger charge is -2.27. The summed E-state index contributed by atoms with van der Waals surface area (Å²) >= 11 is 6.07. The van der Waals surface area contributed by atoms with Crippen LogP contribution in [0.15, 0.2) is 18.2 Å². The molecule has 4 heteroatoms. The number of nitrogens with zero attached hydrogens (tertiary/aromatic N) is 1. The molecule has 1 atom stereocenters. The molecule has 2 rings (SSSR count). The van der Waals surface area contributed by atoms with E-state index in [1.54, 1.807) is 0 Å². The second-order valence-electron chi connectivity index (χ2n) is 4.79. The third kappa shape index (κ3) is 3.37. The van der Waals surface area contributed by atoms with Crippen LogP contribution in [0.3, 0.4) is 0 Å². The molecule has 1 heterocycles. The molecule has 3 nitrogen and oxygen atoms in total. The van der Waals surface area contributed by atoms with Crippen LogP contribution in [0.4, 0.5) is 5.69 Å². The van der Waals surface area contributed by atoms with Gasteiger partial charge in [0.2, 0.25) is 0 Å². The fourth-order valence-corrected chi connectivity index (χ4v) is 2.63. The number of hydrogen-bond acceptors (Lipinski definition) is 3. The molecule has 2 N–H and O–H groups in total. The molecular formula is C14H21ClN2O. The zero-order valence-corrected chi connectivity index (χ0v) is 11.6. The van der Waals surface area contributed by atoms with Gasteiger partial charge in [-0.05, 0) is 50.1 Å². The van der Waals surface area contributed by atoms with Crippen LogP contribution in [0, 0.1) is 0 Å². The molecule has 1 aliphatic rings. The molecule has 100 valence electrons. The van der Waals surface area contributed by atoms with E-state index < -0.39 is 0 Å². The highest BCUT2D eigenvalue weighted by Gasteiger charge is 2.17. The van der Waals surface area contributed by atoms with E-state index in [1.807, 2.05) is 12.1 Å². The molecule has 0 aromatic heterocycles. The first-order chi connectivity index (χ1) is 8.70. The van der Waals surface area contributed by atoms with Crippen molar-refractivity contribution in [1.29, 1.82) is 0 Å². The van der Waals surface area contributed by atoms with Crippen LogP contribution in [0.25, 0.3) is 0 Å². The topological polar surface area (TPSA) is 38.5 Å². The summed E-state index contributed by atoms with van der Waals surface area (Å²) in [5.74, 6) is 0. The summed E-state index contributed by atoms with van der Waals surface area (Å²) in [6, 6.07) is 6.08. The molecule has 1 aliphatic heterocycles. The number of rotatable bonds is 3. The van der Waals surface area contributed by atoms with Crippen molar-refractivity contribution in [3.63, 3.8) is 0 Å². The Hall–Kier alpha value is -0.770. The molecule has 0 amide bonds. The van der Waals surface area contributed by atoms with E-state index in [2.05, 4.69) is 17.9 Å². The Morgan fingerprint density at radius 3 is 3.11 bits per heavy atom. The van der Waals surface area contributed by atoms with E-state index >= 15 is 0 Å². The first-order valence-corrected chi connectivity index (χ1v) is 6.93. The molecule has 18 heavy (non-hydrogen) atoms. The quantitative estimate of drug-likeness (QED) is 0.915. The Bertz CT molecular complexity index is 397. The van der Waals surface area contributed by atoms with Crippen LogP contribution in [0.2, 0.25) is 5.02 Å². The monoisotopic (exact) mass is 268 g/mol. The maximum atomic E-state index is 6.07. The number of halogens is 1. The van der Waals surface area contributed by atoms with Crippen molar-refractivity contribution in [3.05, 3.63) is 28.8 Å². The maximum absolute atomic E-state index is 6.07. The van der Waals surface area contributed by atoms with Crippen LogP contribution in [-0.2, 0) is 11.2 Å². The second-order valence-corrected chi connectivity index (χ2v) is 5.23. The second kappa shape index (κ2) is 6.41. The van der Waals surface area contributed by atoms with Gasteiger partial charge in [-0.1, -0.05) is 11.6 Å². The minimum atomic E-state index is 0.272. The number of hydrogen-bond donors (Lipinski definition) is 1. The number of anilines is 1. The lowest BCUT2D eigenvalue weighted by atomic mass is 10.1.